The van der Waals surface area contributed by atoms with Crippen LogP contribution in [0, 0.1) is 5.92 Å². The van der Waals surface area contributed by atoms with Crippen LogP contribution in [-0.2, 0) is 16.3 Å². The lowest BCUT2D eigenvalue weighted by atomic mass is 10.0. The van der Waals surface area contributed by atoms with E-state index in [4.69, 9.17) is 16.3 Å². The maximum atomic E-state index is 12.6. The number of rotatable bonds is 11. The minimum atomic E-state index is -4.49. The second-order valence-electron chi connectivity index (χ2n) is 10.5. The van der Waals surface area contributed by atoms with Crippen LogP contribution in [0.25, 0.3) is 22.2 Å². The molecule has 0 aliphatic rings. The van der Waals surface area contributed by atoms with Gasteiger partial charge in [0.05, 0.1) is 10.7 Å². The Balaban J connectivity index is 1.86. The molecule has 0 aliphatic carbocycles. The third-order valence-electron chi connectivity index (χ3n) is 5.69. The number of carbonyl (C=O) groups excluding carboxylic acids is 1. The lowest BCUT2D eigenvalue weighted by Gasteiger charge is -2.23. The topological polar surface area (TPSA) is 81.1 Å². The lowest BCUT2D eigenvalue weighted by molar-refractivity contribution is -0.139. The molecule has 2 N–H and O–H groups in total. The van der Waals surface area contributed by atoms with E-state index in [0.717, 1.165) is 22.6 Å². The van der Waals surface area contributed by atoms with Crippen molar-refractivity contribution >= 4 is 42.3 Å². The number of anilines is 1. The highest BCUT2D eigenvalue weighted by molar-refractivity contribution is 6.76. The fraction of sp³-hybridized carbons (Fsp3) is 0.480. The van der Waals surface area contributed by atoms with Gasteiger partial charge in [-0.3, -0.25) is 9.78 Å². The van der Waals surface area contributed by atoms with Crippen molar-refractivity contribution < 1.29 is 22.7 Å². The second-order valence-corrected chi connectivity index (χ2v) is 16.6. The molecular weight excluding hydrogens is 523 g/mol. The van der Waals surface area contributed by atoms with Gasteiger partial charge in [-0.1, -0.05) is 45.1 Å². The van der Waals surface area contributed by atoms with Gasteiger partial charge in [-0.05, 0) is 24.1 Å². The van der Waals surface area contributed by atoms with Crippen molar-refractivity contribution in [2.45, 2.75) is 58.5 Å². The average molecular weight is 556 g/mol. The number of alkyl halides is 3. The largest absolute Gasteiger partial charge is 0.405 e. The summed E-state index contributed by atoms with van der Waals surface area (Å²) in [6.45, 7) is 9.99. The van der Waals surface area contributed by atoms with E-state index >= 15 is 0 Å². The van der Waals surface area contributed by atoms with Crippen LogP contribution < -0.4 is 10.6 Å². The number of hydrogen-bond donors (Lipinski definition) is 2. The fourth-order valence-corrected chi connectivity index (χ4v) is 4.61. The van der Waals surface area contributed by atoms with Crippen LogP contribution in [0.1, 0.15) is 13.8 Å². The van der Waals surface area contributed by atoms with Gasteiger partial charge in [-0.2, -0.15) is 13.2 Å². The highest BCUT2D eigenvalue weighted by Gasteiger charge is 2.30. The van der Waals surface area contributed by atoms with Crippen LogP contribution in [-0.4, -0.2) is 53.9 Å². The number of halogens is 4. The lowest BCUT2D eigenvalue weighted by Crippen LogP contribution is -2.46. The Bertz CT molecular complexity index is 1230. The van der Waals surface area contributed by atoms with Gasteiger partial charge in [0.15, 0.2) is 0 Å². The molecule has 0 saturated carbocycles. The summed E-state index contributed by atoms with van der Waals surface area (Å²) in [4.78, 5) is 21.2. The maximum Gasteiger partial charge on any atom is 0.405 e. The standard InChI is InChI=1S/C25H33ClF3N5O2Si/c1-16(2)22(24(35)32-14-25(27,28)29)33-19-8-17(10-30-12-19)21-13-34(15-36-6-7-37(3,4)5)23-20(21)9-18(26)11-31-23/h8-13,16,22,33H,6-7,14-15H2,1-5H3,(H,32,35)/t22-/m1/s1. The normalized spacial score (nSPS) is 13.2. The molecule has 3 aromatic rings. The van der Waals surface area contributed by atoms with Gasteiger partial charge in [0, 0.05) is 56.0 Å². The van der Waals surface area contributed by atoms with E-state index in [2.05, 4.69) is 34.9 Å². The van der Waals surface area contributed by atoms with Crippen molar-refractivity contribution in [3.63, 3.8) is 0 Å². The van der Waals surface area contributed by atoms with Crippen LogP contribution in [0.3, 0.4) is 0 Å². The monoisotopic (exact) mass is 555 g/mol. The van der Waals surface area contributed by atoms with Crippen LogP contribution in [0.2, 0.25) is 30.7 Å². The third-order valence-corrected chi connectivity index (χ3v) is 7.60. The first kappa shape index (κ1) is 28.9. The number of fused-ring (bicyclic) bond motifs is 1. The summed E-state index contributed by atoms with van der Waals surface area (Å²) in [6.07, 6.45) is 2.21. The molecule has 0 aliphatic heterocycles. The smallest absolute Gasteiger partial charge is 0.372 e. The molecule has 1 atom stereocenters. The van der Waals surface area contributed by atoms with Crippen molar-refractivity contribution in [3.8, 4) is 11.1 Å². The van der Waals surface area contributed by atoms with Crippen molar-refractivity contribution in [2.75, 3.05) is 18.5 Å². The van der Waals surface area contributed by atoms with Crippen molar-refractivity contribution in [1.29, 1.82) is 0 Å². The molecule has 7 nitrogen and oxygen atoms in total. The van der Waals surface area contributed by atoms with Gasteiger partial charge >= 0.3 is 6.18 Å². The number of aromatic nitrogens is 3. The molecule has 12 heteroatoms. The Hall–Kier alpha value is -2.63. The molecule has 3 aromatic heterocycles. The Kier molecular flexibility index (Phi) is 9.25. The summed E-state index contributed by atoms with van der Waals surface area (Å²) in [6, 6.07) is 3.78. The summed E-state index contributed by atoms with van der Waals surface area (Å²) in [5.41, 5.74) is 2.76. The second kappa shape index (κ2) is 11.8. The van der Waals surface area contributed by atoms with E-state index in [1.165, 1.54) is 6.20 Å². The zero-order chi connectivity index (χ0) is 27.4. The molecule has 0 unspecified atom stereocenters. The molecule has 0 saturated heterocycles. The number of pyridine rings is 2. The molecular formula is C25H33ClF3N5O2Si. The summed E-state index contributed by atoms with van der Waals surface area (Å²) < 4.78 is 45.6. The number of nitrogens with one attached hydrogen (secondary N) is 2. The molecule has 0 aromatic carbocycles. The molecule has 0 fully saturated rings. The van der Waals surface area contributed by atoms with Gasteiger partial charge < -0.3 is 19.9 Å². The predicted octanol–water partition coefficient (Wildman–Crippen LogP) is 6.18. The number of hydrogen-bond acceptors (Lipinski definition) is 5. The quantitative estimate of drug-likeness (QED) is 0.218. The molecule has 3 heterocycles. The van der Waals surface area contributed by atoms with E-state index < -0.39 is 32.7 Å². The maximum absolute atomic E-state index is 12.6. The van der Waals surface area contributed by atoms with Gasteiger partial charge in [-0.15, -0.1) is 0 Å². The van der Waals surface area contributed by atoms with E-state index in [9.17, 15) is 18.0 Å². The van der Waals surface area contributed by atoms with Crippen LogP contribution in [0.15, 0.2) is 36.9 Å². The minimum absolute atomic E-state index is 0.268. The average Bonchev–Trinajstić information content (AvgIpc) is 3.15. The molecule has 3 rings (SSSR count). The highest BCUT2D eigenvalue weighted by atomic mass is 35.5. The first-order valence-electron chi connectivity index (χ1n) is 12.0. The number of amides is 1. The molecule has 1 amide bonds. The fourth-order valence-electron chi connectivity index (χ4n) is 3.69. The zero-order valence-corrected chi connectivity index (χ0v) is 23.4. The number of ether oxygens (including phenoxy) is 1. The van der Waals surface area contributed by atoms with Crippen molar-refractivity contribution in [1.82, 2.24) is 19.9 Å². The SMILES string of the molecule is CC(C)[C@@H](Nc1cncc(-c2cn(COCC[Si](C)(C)C)c3ncc(Cl)cc23)c1)C(=O)NCC(F)(F)F. The van der Waals surface area contributed by atoms with Gasteiger partial charge in [0.25, 0.3) is 0 Å². The number of nitrogens with zero attached hydrogens (tertiary/aromatic N) is 3. The van der Waals surface area contributed by atoms with E-state index in [-0.39, 0.29) is 5.92 Å². The highest BCUT2D eigenvalue weighted by Crippen LogP contribution is 2.32. The Morgan fingerprint density at radius 2 is 1.92 bits per heavy atom. The molecule has 0 radical (unpaired) electrons. The van der Waals surface area contributed by atoms with Crippen LogP contribution >= 0.6 is 11.6 Å². The van der Waals surface area contributed by atoms with Crippen molar-refractivity contribution in [3.05, 3.63) is 41.9 Å². The first-order valence-corrected chi connectivity index (χ1v) is 16.1. The van der Waals surface area contributed by atoms with E-state index in [1.54, 1.807) is 32.3 Å². The number of carbonyl (C=O) groups is 1. The van der Waals surface area contributed by atoms with Gasteiger partial charge in [0.2, 0.25) is 5.91 Å². The zero-order valence-electron chi connectivity index (χ0n) is 21.6. The summed E-state index contributed by atoms with van der Waals surface area (Å²) in [5, 5.41) is 6.28. The Morgan fingerprint density at radius 3 is 2.57 bits per heavy atom. The van der Waals surface area contributed by atoms with E-state index in [0.29, 0.717) is 29.7 Å². The molecule has 37 heavy (non-hydrogen) atoms. The summed E-state index contributed by atoms with van der Waals surface area (Å²) in [5.74, 6) is -1.00. The summed E-state index contributed by atoms with van der Waals surface area (Å²) >= 11 is 6.24. The Labute approximate surface area is 220 Å². The van der Waals surface area contributed by atoms with Crippen LogP contribution in [0.4, 0.5) is 18.9 Å². The Morgan fingerprint density at radius 1 is 1.19 bits per heavy atom. The van der Waals surface area contributed by atoms with Gasteiger partial charge in [-0.25, -0.2) is 4.98 Å². The van der Waals surface area contributed by atoms with Gasteiger partial charge in [0.1, 0.15) is 25.0 Å². The third kappa shape index (κ3) is 8.44. The molecule has 202 valence electrons. The first-order chi connectivity index (χ1) is 17.2. The molecule has 0 spiro atoms. The van der Waals surface area contributed by atoms with Crippen molar-refractivity contribution in [2.24, 2.45) is 5.92 Å². The minimum Gasteiger partial charge on any atom is -0.372 e. The predicted molar refractivity (Wildman–Crippen MR) is 143 cm³/mol. The molecule has 0 bridgehead atoms. The van der Waals surface area contributed by atoms with Crippen LogP contribution in [0.5, 0.6) is 0 Å². The van der Waals surface area contributed by atoms with E-state index in [1.807, 2.05) is 22.1 Å². The summed E-state index contributed by atoms with van der Waals surface area (Å²) in [7, 11) is -1.22.